The second kappa shape index (κ2) is 5.46. The highest BCUT2D eigenvalue weighted by Gasteiger charge is 2.08. The Labute approximate surface area is 110 Å². The average molecular weight is 265 g/mol. The van der Waals surface area contributed by atoms with Crippen molar-refractivity contribution in [2.24, 2.45) is 0 Å². The SMILES string of the molecule is Cc1nc(CN(C)Cc2ccc(N)cc2F)cs1. The van der Waals surface area contributed by atoms with Crippen LogP contribution < -0.4 is 5.73 Å². The lowest BCUT2D eigenvalue weighted by atomic mass is 10.2. The zero-order valence-electron chi connectivity index (χ0n) is 10.5. The largest absolute Gasteiger partial charge is 0.399 e. The topological polar surface area (TPSA) is 42.2 Å². The van der Waals surface area contributed by atoms with Crippen LogP contribution in [0.1, 0.15) is 16.3 Å². The van der Waals surface area contributed by atoms with Crippen molar-refractivity contribution in [1.82, 2.24) is 9.88 Å². The van der Waals surface area contributed by atoms with Gasteiger partial charge in [-0.3, -0.25) is 4.90 Å². The van der Waals surface area contributed by atoms with Crippen LogP contribution in [0.2, 0.25) is 0 Å². The molecule has 2 rings (SSSR count). The first-order chi connectivity index (χ1) is 8.54. The van der Waals surface area contributed by atoms with Crippen LogP contribution in [-0.2, 0) is 13.1 Å². The Morgan fingerprint density at radius 3 is 2.78 bits per heavy atom. The fourth-order valence-electron chi connectivity index (χ4n) is 1.80. The molecule has 0 atom stereocenters. The molecule has 1 aromatic carbocycles. The van der Waals surface area contributed by atoms with E-state index >= 15 is 0 Å². The summed E-state index contributed by atoms with van der Waals surface area (Å²) >= 11 is 1.63. The Morgan fingerprint density at radius 1 is 1.39 bits per heavy atom. The third-order valence-electron chi connectivity index (χ3n) is 2.62. The number of rotatable bonds is 4. The zero-order valence-corrected chi connectivity index (χ0v) is 11.3. The van der Waals surface area contributed by atoms with Gasteiger partial charge in [0.2, 0.25) is 0 Å². The van der Waals surface area contributed by atoms with Crippen LogP contribution in [0.15, 0.2) is 23.6 Å². The van der Waals surface area contributed by atoms with Gasteiger partial charge in [0.1, 0.15) is 5.82 Å². The van der Waals surface area contributed by atoms with Crippen LogP contribution in [0.25, 0.3) is 0 Å². The van der Waals surface area contributed by atoms with Gasteiger partial charge in [0, 0.05) is 29.7 Å². The maximum absolute atomic E-state index is 13.6. The molecule has 0 aliphatic heterocycles. The molecule has 0 unspecified atom stereocenters. The molecule has 0 saturated heterocycles. The van der Waals surface area contributed by atoms with Crippen LogP contribution in [-0.4, -0.2) is 16.9 Å². The van der Waals surface area contributed by atoms with E-state index < -0.39 is 0 Å². The third-order valence-corrected chi connectivity index (χ3v) is 3.44. The van der Waals surface area contributed by atoms with Crippen LogP contribution in [0.3, 0.4) is 0 Å². The number of anilines is 1. The minimum Gasteiger partial charge on any atom is -0.399 e. The van der Waals surface area contributed by atoms with Crippen molar-refractivity contribution in [1.29, 1.82) is 0 Å². The summed E-state index contributed by atoms with van der Waals surface area (Å²) in [5.41, 5.74) is 7.65. The number of hydrogen-bond donors (Lipinski definition) is 1. The standard InChI is InChI=1S/C13H16FN3S/c1-9-16-12(8-18-9)7-17(2)6-10-3-4-11(15)5-13(10)14/h3-5,8H,6-7,15H2,1-2H3. The van der Waals surface area contributed by atoms with E-state index in [0.717, 1.165) is 10.7 Å². The molecule has 0 aliphatic carbocycles. The fraction of sp³-hybridized carbons (Fsp3) is 0.308. The van der Waals surface area contributed by atoms with Gasteiger partial charge >= 0.3 is 0 Å². The molecule has 1 aromatic heterocycles. The van der Waals surface area contributed by atoms with Gasteiger partial charge in [0.05, 0.1) is 10.7 Å². The minimum absolute atomic E-state index is 0.253. The Bertz CT molecular complexity index is 539. The number of thiazole rings is 1. The normalized spacial score (nSPS) is 11.1. The highest BCUT2D eigenvalue weighted by molar-refractivity contribution is 7.09. The Morgan fingerprint density at radius 2 is 2.17 bits per heavy atom. The molecule has 0 bridgehead atoms. The summed E-state index contributed by atoms with van der Waals surface area (Å²) in [6, 6.07) is 4.81. The molecule has 1 heterocycles. The van der Waals surface area contributed by atoms with Gasteiger partial charge in [0.25, 0.3) is 0 Å². The summed E-state index contributed by atoms with van der Waals surface area (Å²) in [7, 11) is 1.95. The number of nitrogens with two attached hydrogens (primary N) is 1. The third kappa shape index (κ3) is 3.27. The molecule has 3 nitrogen and oxygen atoms in total. The lowest BCUT2D eigenvalue weighted by molar-refractivity contribution is 0.310. The number of hydrogen-bond acceptors (Lipinski definition) is 4. The second-order valence-electron chi connectivity index (χ2n) is 4.38. The molecular formula is C13H16FN3S. The summed E-state index contributed by atoms with van der Waals surface area (Å²) in [6.07, 6.45) is 0. The number of nitrogen functional groups attached to an aromatic ring is 1. The molecular weight excluding hydrogens is 249 g/mol. The molecule has 0 aliphatic rings. The smallest absolute Gasteiger partial charge is 0.129 e. The van der Waals surface area contributed by atoms with Crippen molar-refractivity contribution in [3.63, 3.8) is 0 Å². The lowest BCUT2D eigenvalue weighted by Crippen LogP contribution is -2.18. The van der Waals surface area contributed by atoms with E-state index in [2.05, 4.69) is 4.98 Å². The van der Waals surface area contributed by atoms with E-state index in [9.17, 15) is 4.39 Å². The Balaban J connectivity index is 2.00. The Kier molecular flexibility index (Phi) is 3.93. The highest BCUT2D eigenvalue weighted by Crippen LogP contribution is 2.15. The van der Waals surface area contributed by atoms with E-state index in [0.29, 0.717) is 24.3 Å². The van der Waals surface area contributed by atoms with E-state index in [1.165, 1.54) is 6.07 Å². The average Bonchev–Trinajstić information content (AvgIpc) is 2.68. The minimum atomic E-state index is -0.253. The van der Waals surface area contributed by atoms with Gasteiger partial charge in [-0.2, -0.15) is 0 Å². The first-order valence-corrected chi connectivity index (χ1v) is 6.56. The van der Waals surface area contributed by atoms with Gasteiger partial charge in [-0.25, -0.2) is 9.37 Å². The number of aromatic nitrogens is 1. The molecule has 96 valence electrons. The van der Waals surface area contributed by atoms with Gasteiger partial charge in [-0.05, 0) is 26.1 Å². The van der Waals surface area contributed by atoms with Gasteiger partial charge < -0.3 is 5.73 Å². The summed E-state index contributed by atoms with van der Waals surface area (Å²) in [5, 5.41) is 3.09. The molecule has 18 heavy (non-hydrogen) atoms. The molecule has 0 radical (unpaired) electrons. The van der Waals surface area contributed by atoms with Crippen LogP contribution in [0.4, 0.5) is 10.1 Å². The predicted molar refractivity (Wildman–Crippen MR) is 72.8 cm³/mol. The maximum Gasteiger partial charge on any atom is 0.129 e. The van der Waals surface area contributed by atoms with Gasteiger partial charge in [-0.1, -0.05) is 6.07 Å². The van der Waals surface area contributed by atoms with Crippen molar-refractivity contribution < 1.29 is 4.39 Å². The van der Waals surface area contributed by atoms with Gasteiger partial charge in [-0.15, -0.1) is 11.3 Å². The summed E-state index contributed by atoms with van der Waals surface area (Å²) < 4.78 is 13.6. The molecule has 2 aromatic rings. The molecule has 2 N–H and O–H groups in total. The van der Waals surface area contributed by atoms with E-state index in [1.807, 2.05) is 24.3 Å². The van der Waals surface area contributed by atoms with Crippen LogP contribution in [0.5, 0.6) is 0 Å². The fourth-order valence-corrected chi connectivity index (χ4v) is 2.40. The Hall–Kier alpha value is -1.46. The number of nitrogens with zero attached hydrogens (tertiary/aromatic N) is 2. The molecule has 0 spiro atoms. The van der Waals surface area contributed by atoms with E-state index in [-0.39, 0.29) is 5.82 Å². The number of benzene rings is 1. The van der Waals surface area contributed by atoms with Crippen LogP contribution >= 0.6 is 11.3 Å². The lowest BCUT2D eigenvalue weighted by Gasteiger charge is -2.16. The van der Waals surface area contributed by atoms with Crippen molar-refractivity contribution in [3.8, 4) is 0 Å². The van der Waals surface area contributed by atoms with Crippen LogP contribution in [0, 0.1) is 12.7 Å². The van der Waals surface area contributed by atoms with Crippen molar-refractivity contribution >= 4 is 17.0 Å². The van der Waals surface area contributed by atoms with Gasteiger partial charge in [0.15, 0.2) is 0 Å². The molecule has 0 fully saturated rings. The maximum atomic E-state index is 13.6. The summed E-state index contributed by atoms with van der Waals surface area (Å²) in [6.45, 7) is 3.24. The van der Waals surface area contributed by atoms with Crippen molar-refractivity contribution in [2.75, 3.05) is 12.8 Å². The summed E-state index contributed by atoms with van der Waals surface area (Å²) in [4.78, 5) is 6.42. The first-order valence-electron chi connectivity index (χ1n) is 5.68. The first kappa shape index (κ1) is 13.0. The predicted octanol–water partition coefficient (Wildman–Crippen LogP) is 2.80. The zero-order chi connectivity index (χ0) is 13.1. The van der Waals surface area contributed by atoms with Crippen molar-refractivity contribution in [3.05, 3.63) is 45.7 Å². The quantitative estimate of drug-likeness (QED) is 0.864. The van der Waals surface area contributed by atoms with E-state index in [1.54, 1.807) is 23.5 Å². The molecule has 5 heteroatoms. The molecule has 0 saturated carbocycles. The van der Waals surface area contributed by atoms with Crippen molar-refractivity contribution in [2.45, 2.75) is 20.0 Å². The number of aryl methyl sites for hydroxylation is 1. The number of halogens is 1. The monoisotopic (exact) mass is 265 g/mol. The van der Waals surface area contributed by atoms with E-state index in [4.69, 9.17) is 5.73 Å². The summed E-state index contributed by atoms with van der Waals surface area (Å²) in [5.74, 6) is -0.253. The molecule has 0 amide bonds. The highest BCUT2D eigenvalue weighted by atomic mass is 32.1. The second-order valence-corrected chi connectivity index (χ2v) is 5.44.